The van der Waals surface area contributed by atoms with E-state index in [1.165, 1.54) is 16.4 Å². The summed E-state index contributed by atoms with van der Waals surface area (Å²) in [7, 11) is -3.78. The summed E-state index contributed by atoms with van der Waals surface area (Å²) in [6, 6.07) is 6.37. The number of hydrogen-bond acceptors (Lipinski definition) is 7. The van der Waals surface area contributed by atoms with Crippen molar-refractivity contribution in [3.63, 3.8) is 0 Å². The maximum atomic E-state index is 12.9. The first-order valence-corrected chi connectivity index (χ1v) is 11.5. The molecule has 1 unspecified atom stereocenters. The second kappa shape index (κ2) is 7.78. The Bertz CT molecular complexity index is 956. The van der Waals surface area contributed by atoms with Gasteiger partial charge in [0, 0.05) is 25.7 Å². The SMILES string of the molecule is O=[N+]([O-])c1cc(S(=O)(=O)N2CCOCC2)ccc1N1CCCC1c1ccsc1. The molecule has 8 nitrogen and oxygen atoms in total. The quantitative estimate of drug-likeness (QED) is 0.542. The van der Waals surface area contributed by atoms with Gasteiger partial charge in [-0.2, -0.15) is 15.6 Å². The summed E-state index contributed by atoms with van der Waals surface area (Å²) < 4.78 is 32.3. The highest BCUT2D eigenvalue weighted by atomic mass is 32.2. The molecule has 1 atom stereocenters. The number of thiophene rings is 1. The summed E-state index contributed by atoms with van der Waals surface area (Å²) >= 11 is 1.60. The zero-order valence-corrected chi connectivity index (χ0v) is 16.8. The Kier molecular flexibility index (Phi) is 5.37. The molecule has 2 saturated heterocycles. The molecule has 0 radical (unpaired) electrons. The number of sulfonamides is 1. The van der Waals surface area contributed by atoms with Crippen molar-refractivity contribution in [3.8, 4) is 0 Å². The van der Waals surface area contributed by atoms with E-state index in [2.05, 4.69) is 5.38 Å². The molecule has 2 fully saturated rings. The fourth-order valence-electron chi connectivity index (χ4n) is 3.86. The Labute approximate surface area is 167 Å². The maximum absolute atomic E-state index is 12.9. The minimum atomic E-state index is -3.78. The molecule has 10 heteroatoms. The summed E-state index contributed by atoms with van der Waals surface area (Å²) in [6.45, 7) is 1.87. The third-order valence-corrected chi connectivity index (χ3v) is 7.84. The second-order valence-electron chi connectivity index (χ2n) is 6.83. The highest BCUT2D eigenvalue weighted by Gasteiger charge is 2.33. The number of hydrogen-bond donors (Lipinski definition) is 0. The Morgan fingerprint density at radius 1 is 1.18 bits per heavy atom. The highest BCUT2D eigenvalue weighted by Crippen LogP contribution is 2.41. The van der Waals surface area contributed by atoms with Crippen LogP contribution in [0.5, 0.6) is 0 Å². The Morgan fingerprint density at radius 2 is 1.96 bits per heavy atom. The van der Waals surface area contributed by atoms with E-state index in [0.29, 0.717) is 25.4 Å². The van der Waals surface area contributed by atoms with Crippen molar-refractivity contribution >= 4 is 32.7 Å². The van der Waals surface area contributed by atoms with Crippen LogP contribution in [-0.2, 0) is 14.8 Å². The van der Waals surface area contributed by atoms with Gasteiger partial charge in [0.05, 0.1) is 29.1 Å². The van der Waals surface area contributed by atoms with Gasteiger partial charge in [0.2, 0.25) is 10.0 Å². The third-order valence-electron chi connectivity index (χ3n) is 5.24. The van der Waals surface area contributed by atoms with E-state index < -0.39 is 14.9 Å². The Balaban J connectivity index is 1.71. The molecule has 150 valence electrons. The largest absolute Gasteiger partial charge is 0.379 e. The van der Waals surface area contributed by atoms with E-state index in [9.17, 15) is 18.5 Å². The lowest BCUT2D eigenvalue weighted by molar-refractivity contribution is -0.384. The van der Waals surface area contributed by atoms with Crippen LogP contribution < -0.4 is 4.90 Å². The van der Waals surface area contributed by atoms with Crippen molar-refractivity contribution in [3.05, 3.63) is 50.7 Å². The molecule has 2 aromatic rings. The van der Waals surface area contributed by atoms with Gasteiger partial charge in [0.1, 0.15) is 5.69 Å². The molecule has 0 N–H and O–H groups in total. The predicted molar refractivity (Wildman–Crippen MR) is 106 cm³/mol. The monoisotopic (exact) mass is 423 g/mol. The predicted octanol–water partition coefficient (Wildman–Crippen LogP) is 3.02. The molecule has 0 bridgehead atoms. The topological polar surface area (TPSA) is 93.0 Å². The zero-order valence-electron chi connectivity index (χ0n) is 15.2. The number of benzene rings is 1. The lowest BCUT2D eigenvalue weighted by Gasteiger charge is -2.28. The molecule has 4 rings (SSSR count). The third kappa shape index (κ3) is 3.52. The first-order valence-electron chi connectivity index (χ1n) is 9.13. The molecule has 1 aromatic carbocycles. The summed E-state index contributed by atoms with van der Waals surface area (Å²) in [5, 5.41) is 15.8. The molecular weight excluding hydrogens is 402 g/mol. The Hall–Kier alpha value is -2.01. The molecule has 0 saturated carbocycles. The molecule has 0 spiro atoms. The summed E-state index contributed by atoms with van der Waals surface area (Å²) in [5.74, 6) is 0. The fourth-order valence-corrected chi connectivity index (χ4v) is 5.99. The number of rotatable bonds is 5. The van der Waals surface area contributed by atoms with Gasteiger partial charge in [-0.15, -0.1) is 0 Å². The van der Waals surface area contributed by atoms with Gasteiger partial charge in [-0.25, -0.2) is 8.42 Å². The van der Waals surface area contributed by atoms with Gasteiger partial charge < -0.3 is 9.64 Å². The molecule has 0 aliphatic carbocycles. The minimum absolute atomic E-state index is 0.0452. The van der Waals surface area contributed by atoms with Gasteiger partial charge in [-0.05, 0) is 47.4 Å². The summed E-state index contributed by atoms with van der Waals surface area (Å²) in [6.07, 6.45) is 1.85. The first kappa shape index (κ1) is 19.3. The maximum Gasteiger partial charge on any atom is 0.293 e. The standard InChI is InChI=1S/C18H21N3O5S2/c22-21(23)18-12-15(28(24,25)19-7-9-26-10-8-19)3-4-17(18)20-6-1-2-16(20)14-5-11-27-13-14/h3-5,11-13,16H,1-2,6-10H2. The van der Waals surface area contributed by atoms with E-state index in [1.54, 1.807) is 17.4 Å². The van der Waals surface area contributed by atoms with Gasteiger partial charge in [0.25, 0.3) is 5.69 Å². The highest BCUT2D eigenvalue weighted by molar-refractivity contribution is 7.89. The lowest BCUT2D eigenvalue weighted by Crippen LogP contribution is -2.40. The Morgan fingerprint density at radius 3 is 2.64 bits per heavy atom. The fraction of sp³-hybridized carbons (Fsp3) is 0.444. The van der Waals surface area contributed by atoms with Crippen LogP contribution in [-0.4, -0.2) is 50.5 Å². The van der Waals surface area contributed by atoms with Crippen molar-refractivity contribution in [1.82, 2.24) is 4.31 Å². The van der Waals surface area contributed by atoms with Crippen LogP contribution in [0.2, 0.25) is 0 Å². The molecule has 0 amide bonds. The van der Waals surface area contributed by atoms with Gasteiger partial charge in [0.15, 0.2) is 0 Å². The van der Waals surface area contributed by atoms with E-state index in [-0.39, 0.29) is 29.7 Å². The van der Waals surface area contributed by atoms with E-state index in [4.69, 9.17) is 4.74 Å². The van der Waals surface area contributed by atoms with Crippen molar-refractivity contribution in [2.45, 2.75) is 23.8 Å². The lowest BCUT2D eigenvalue weighted by atomic mass is 10.1. The first-order chi connectivity index (χ1) is 13.5. The van der Waals surface area contributed by atoms with E-state index in [1.807, 2.05) is 16.3 Å². The van der Waals surface area contributed by atoms with Crippen LogP contribution in [0.25, 0.3) is 0 Å². The molecule has 1 aromatic heterocycles. The average Bonchev–Trinajstić information content (AvgIpc) is 3.39. The normalized spacial score (nSPS) is 21.1. The molecule has 2 aliphatic rings. The second-order valence-corrected chi connectivity index (χ2v) is 9.55. The van der Waals surface area contributed by atoms with Crippen LogP contribution in [0.3, 0.4) is 0 Å². The molecular formula is C18H21N3O5S2. The summed E-state index contributed by atoms with van der Waals surface area (Å²) in [5.41, 5.74) is 1.44. The molecule has 28 heavy (non-hydrogen) atoms. The van der Waals surface area contributed by atoms with Crippen molar-refractivity contribution in [2.75, 3.05) is 37.7 Å². The number of ether oxygens (including phenoxy) is 1. The molecule has 3 heterocycles. The number of nitro benzene ring substituents is 1. The number of nitrogens with zero attached hydrogens (tertiary/aromatic N) is 3. The number of anilines is 1. The summed E-state index contributed by atoms with van der Waals surface area (Å²) in [4.78, 5) is 13.3. The van der Waals surface area contributed by atoms with Crippen molar-refractivity contribution in [2.24, 2.45) is 0 Å². The number of morpholine rings is 1. The van der Waals surface area contributed by atoms with E-state index in [0.717, 1.165) is 18.4 Å². The number of nitro groups is 1. The van der Waals surface area contributed by atoms with Crippen molar-refractivity contribution < 1.29 is 18.1 Å². The minimum Gasteiger partial charge on any atom is -0.379 e. The van der Waals surface area contributed by atoms with Gasteiger partial charge in [-0.1, -0.05) is 0 Å². The zero-order chi connectivity index (χ0) is 19.7. The van der Waals surface area contributed by atoms with Crippen LogP contribution in [0.15, 0.2) is 39.9 Å². The van der Waals surface area contributed by atoms with Crippen molar-refractivity contribution in [1.29, 1.82) is 0 Å². The van der Waals surface area contributed by atoms with Gasteiger partial charge in [-0.3, -0.25) is 10.1 Å². The van der Waals surface area contributed by atoms with Crippen LogP contribution in [0, 0.1) is 10.1 Å². The van der Waals surface area contributed by atoms with Gasteiger partial charge >= 0.3 is 0 Å². The molecule has 2 aliphatic heterocycles. The van der Waals surface area contributed by atoms with Crippen LogP contribution in [0.4, 0.5) is 11.4 Å². The van der Waals surface area contributed by atoms with Crippen LogP contribution in [0.1, 0.15) is 24.4 Å². The van der Waals surface area contributed by atoms with Crippen LogP contribution >= 0.6 is 11.3 Å². The average molecular weight is 424 g/mol. The van der Waals surface area contributed by atoms with E-state index >= 15 is 0 Å². The smallest absolute Gasteiger partial charge is 0.293 e.